The highest BCUT2D eigenvalue weighted by atomic mass is 16.5. The predicted molar refractivity (Wildman–Crippen MR) is 172 cm³/mol. The molecule has 0 aliphatic carbocycles. The highest BCUT2D eigenvalue weighted by molar-refractivity contribution is 6.25. The standard InChI is InChI=1S/C39H27NO/c1-39(2)33-16-8-10-18-37(33)41-38-23-36-32(22-34(38)39)30-15-7-9-17-35(30)40(36)24-19-20-29-27-13-4-3-11-25(27)26-12-5-6-14-28(26)31(29)21-24/h3-23H,1-2H3. The number of nitrogens with zero attached hydrogens (tertiary/aromatic N) is 1. The summed E-state index contributed by atoms with van der Waals surface area (Å²) in [5.74, 6) is 1.87. The molecule has 0 unspecified atom stereocenters. The molecule has 0 radical (unpaired) electrons. The number of hydrogen-bond donors (Lipinski definition) is 0. The van der Waals surface area contributed by atoms with Crippen LogP contribution in [0.3, 0.4) is 0 Å². The maximum atomic E-state index is 6.57. The van der Waals surface area contributed by atoms with E-state index in [1.54, 1.807) is 0 Å². The molecule has 0 atom stereocenters. The van der Waals surface area contributed by atoms with E-state index >= 15 is 0 Å². The number of para-hydroxylation sites is 2. The minimum atomic E-state index is -0.162. The van der Waals surface area contributed by atoms with Crippen LogP contribution in [0.5, 0.6) is 11.5 Å². The summed E-state index contributed by atoms with van der Waals surface area (Å²) in [4.78, 5) is 0. The van der Waals surface area contributed by atoms with E-state index in [1.807, 2.05) is 0 Å². The molecule has 0 bridgehead atoms. The Bertz CT molecular complexity index is 2340. The summed E-state index contributed by atoms with van der Waals surface area (Å²) >= 11 is 0. The van der Waals surface area contributed by atoms with E-state index in [-0.39, 0.29) is 5.41 Å². The van der Waals surface area contributed by atoms with Crippen molar-refractivity contribution in [3.05, 3.63) is 139 Å². The maximum Gasteiger partial charge on any atom is 0.133 e. The highest BCUT2D eigenvalue weighted by Gasteiger charge is 2.35. The van der Waals surface area contributed by atoms with Crippen LogP contribution in [0.15, 0.2) is 127 Å². The van der Waals surface area contributed by atoms with Gasteiger partial charge in [0.1, 0.15) is 11.5 Å². The van der Waals surface area contributed by atoms with Gasteiger partial charge in [-0.05, 0) is 62.6 Å². The molecule has 1 aromatic heterocycles. The molecule has 0 saturated heterocycles. The molecule has 194 valence electrons. The molecule has 8 aromatic rings. The molecule has 0 fully saturated rings. The van der Waals surface area contributed by atoms with E-state index in [0.717, 1.165) is 22.7 Å². The zero-order valence-corrected chi connectivity index (χ0v) is 23.0. The molecule has 2 nitrogen and oxygen atoms in total. The zero-order chi connectivity index (χ0) is 27.3. The van der Waals surface area contributed by atoms with Gasteiger partial charge in [-0.1, -0.05) is 105 Å². The summed E-state index contributed by atoms with van der Waals surface area (Å²) < 4.78 is 8.98. The predicted octanol–water partition coefficient (Wildman–Crippen LogP) is 10.7. The lowest BCUT2D eigenvalue weighted by Gasteiger charge is -2.34. The monoisotopic (exact) mass is 525 g/mol. The largest absolute Gasteiger partial charge is 0.457 e. The molecule has 7 aromatic carbocycles. The highest BCUT2D eigenvalue weighted by Crippen LogP contribution is 2.50. The van der Waals surface area contributed by atoms with E-state index in [0.29, 0.717) is 0 Å². The fourth-order valence-electron chi connectivity index (χ4n) is 7.22. The molecule has 1 aliphatic rings. The minimum Gasteiger partial charge on any atom is -0.457 e. The molecule has 41 heavy (non-hydrogen) atoms. The topological polar surface area (TPSA) is 14.2 Å². The molecule has 0 saturated carbocycles. The Hall–Kier alpha value is -5.08. The van der Waals surface area contributed by atoms with Crippen LogP contribution in [0.25, 0.3) is 59.8 Å². The molecule has 0 amide bonds. The van der Waals surface area contributed by atoms with Crippen LogP contribution in [-0.2, 0) is 5.41 Å². The van der Waals surface area contributed by atoms with Crippen molar-refractivity contribution in [2.75, 3.05) is 0 Å². The van der Waals surface area contributed by atoms with Crippen molar-refractivity contribution in [3.63, 3.8) is 0 Å². The van der Waals surface area contributed by atoms with Gasteiger partial charge in [-0.2, -0.15) is 0 Å². The van der Waals surface area contributed by atoms with E-state index < -0.39 is 0 Å². The van der Waals surface area contributed by atoms with Gasteiger partial charge in [0.05, 0.1) is 11.0 Å². The minimum absolute atomic E-state index is 0.162. The Morgan fingerprint density at radius 1 is 0.439 bits per heavy atom. The number of benzene rings is 7. The summed E-state index contributed by atoms with van der Waals surface area (Å²) in [6.45, 7) is 4.61. The van der Waals surface area contributed by atoms with Gasteiger partial charge in [0, 0.05) is 39.1 Å². The summed E-state index contributed by atoms with van der Waals surface area (Å²) in [7, 11) is 0. The first-order chi connectivity index (χ1) is 20.1. The first kappa shape index (κ1) is 22.7. The molecular weight excluding hydrogens is 498 g/mol. The second-order valence-corrected chi connectivity index (χ2v) is 11.8. The van der Waals surface area contributed by atoms with Crippen LogP contribution < -0.4 is 4.74 Å². The Morgan fingerprint density at radius 2 is 1.02 bits per heavy atom. The maximum absolute atomic E-state index is 6.57. The van der Waals surface area contributed by atoms with E-state index in [4.69, 9.17) is 4.74 Å². The number of hydrogen-bond acceptors (Lipinski definition) is 1. The fourth-order valence-corrected chi connectivity index (χ4v) is 7.22. The molecule has 0 N–H and O–H groups in total. The van der Waals surface area contributed by atoms with Crippen molar-refractivity contribution in [2.45, 2.75) is 19.3 Å². The van der Waals surface area contributed by atoms with Gasteiger partial charge < -0.3 is 9.30 Å². The van der Waals surface area contributed by atoms with E-state index in [9.17, 15) is 0 Å². The van der Waals surface area contributed by atoms with Crippen molar-refractivity contribution < 1.29 is 4.74 Å². The Morgan fingerprint density at radius 3 is 1.76 bits per heavy atom. The van der Waals surface area contributed by atoms with Crippen LogP contribution in [-0.4, -0.2) is 4.57 Å². The second-order valence-electron chi connectivity index (χ2n) is 11.8. The van der Waals surface area contributed by atoms with E-state index in [1.165, 1.54) is 59.7 Å². The van der Waals surface area contributed by atoms with Gasteiger partial charge in [0.2, 0.25) is 0 Å². The number of aromatic nitrogens is 1. The van der Waals surface area contributed by atoms with Gasteiger partial charge in [0.15, 0.2) is 0 Å². The van der Waals surface area contributed by atoms with Crippen LogP contribution in [0.4, 0.5) is 0 Å². The smallest absolute Gasteiger partial charge is 0.133 e. The van der Waals surface area contributed by atoms with Crippen LogP contribution in [0, 0.1) is 0 Å². The number of fused-ring (bicyclic) bond motifs is 11. The summed E-state index contributed by atoms with van der Waals surface area (Å²) in [6.07, 6.45) is 0. The van der Waals surface area contributed by atoms with Crippen LogP contribution in [0.2, 0.25) is 0 Å². The molecule has 0 spiro atoms. The zero-order valence-electron chi connectivity index (χ0n) is 23.0. The molecule has 1 aliphatic heterocycles. The quantitative estimate of drug-likeness (QED) is 0.194. The number of ether oxygens (including phenoxy) is 1. The van der Waals surface area contributed by atoms with Gasteiger partial charge in [-0.25, -0.2) is 0 Å². The lowest BCUT2D eigenvalue weighted by molar-refractivity contribution is 0.419. The van der Waals surface area contributed by atoms with Crippen LogP contribution >= 0.6 is 0 Å². The molecular formula is C39H27NO. The third kappa shape index (κ3) is 3.02. The van der Waals surface area contributed by atoms with Crippen molar-refractivity contribution >= 4 is 54.1 Å². The van der Waals surface area contributed by atoms with Crippen molar-refractivity contribution in [1.29, 1.82) is 0 Å². The lowest BCUT2D eigenvalue weighted by Crippen LogP contribution is -2.24. The summed E-state index contributed by atoms with van der Waals surface area (Å²) in [5.41, 5.74) is 5.80. The molecule has 9 rings (SSSR count). The normalized spacial score (nSPS) is 14.0. The SMILES string of the molecule is CC1(C)c2ccccc2Oc2cc3c(cc21)c1ccccc1n3-c1ccc2c3ccccc3c3ccccc3c2c1. The van der Waals surface area contributed by atoms with Crippen molar-refractivity contribution in [1.82, 2.24) is 4.57 Å². The second kappa shape index (κ2) is 7.99. The Kier molecular flexibility index (Phi) is 4.42. The Labute approximate surface area is 238 Å². The first-order valence-corrected chi connectivity index (χ1v) is 14.3. The number of rotatable bonds is 1. The van der Waals surface area contributed by atoms with Gasteiger partial charge >= 0.3 is 0 Å². The summed E-state index contributed by atoms with van der Waals surface area (Å²) in [6, 6.07) is 46.3. The third-order valence-corrected chi connectivity index (χ3v) is 9.21. The van der Waals surface area contributed by atoms with Gasteiger partial charge in [0.25, 0.3) is 0 Å². The average Bonchev–Trinajstić information content (AvgIpc) is 3.33. The van der Waals surface area contributed by atoms with Crippen molar-refractivity contribution in [2.24, 2.45) is 0 Å². The average molecular weight is 526 g/mol. The summed E-state index contributed by atoms with van der Waals surface area (Å²) in [5, 5.41) is 10.2. The molecule has 2 heteroatoms. The van der Waals surface area contributed by atoms with E-state index in [2.05, 4.69) is 146 Å². The van der Waals surface area contributed by atoms with Gasteiger partial charge in [-0.3, -0.25) is 0 Å². The van der Waals surface area contributed by atoms with Crippen molar-refractivity contribution in [3.8, 4) is 17.2 Å². The first-order valence-electron chi connectivity index (χ1n) is 14.3. The fraction of sp³-hybridized carbons (Fsp3) is 0.0769. The third-order valence-electron chi connectivity index (χ3n) is 9.21. The van der Waals surface area contributed by atoms with Crippen LogP contribution in [0.1, 0.15) is 25.0 Å². The molecule has 2 heterocycles. The lowest BCUT2D eigenvalue weighted by atomic mass is 9.75. The Balaban J connectivity index is 1.37. The van der Waals surface area contributed by atoms with Gasteiger partial charge in [-0.15, -0.1) is 0 Å².